The van der Waals surface area contributed by atoms with Crippen LogP contribution in [-0.4, -0.2) is 95.2 Å². The number of hydrogen-bond donors (Lipinski definition) is 1. The summed E-state index contributed by atoms with van der Waals surface area (Å²) in [7, 11) is 7.68. The fourth-order valence-corrected chi connectivity index (χ4v) is 6.22. The van der Waals surface area contributed by atoms with Gasteiger partial charge in [0.25, 0.3) is 0 Å². The van der Waals surface area contributed by atoms with Crippen molar-refractivity contribution in [3.63, 3.8) is 0 Å². The lowest BCUT2D eigenvalue weighted by Gasteiger charge is -2.42. The molecule has 0 atom stereocenters. The predicted octanol–water partition coefficient (Wildman–Crippen LogP) is 5.28. The standard InChI is InChI=1S/C23H29NO3.C11H23NO2/c1-24-13-11-23(12-14-24,20-6-3-2-4-7-20)21-18-19(8-9-22(21)26)10-17-27-16-5-15-25;1-12(9-11(13-2)14-3)8-10-6-4-5-7-10/h2-4,6-9,15,18,26H,5,10-14,16-17H2,1H3;10-11H,4-9H2,1-3H3. The van der Waals surface area contributed by atoms with Crippen LogP contribution in [0.2, 0.25) is 0 Å². The largest absolute Gasteiger partial charge is 0.508 e. The van der Waals surface area contributed by atoms with E-state index in [0.717, 1.165) is 62.2 Å². The third kappa shape index (κ3) is 10.2. The fourth-order valence-electron chi connectivity index (χ4n) is 6.22. The number of ether oxygens (including phenoxy) is 3. The molecule has 1 N–H and O–H groups in total. The summed E-state index contributed by atoms with van der Waals surface area (Å²) >= 11 is 0. The van der Waals surface area contributed by atoms with E-state index in [4.69, 9.17) is 14.2 Å². The van der Waals surface area contributed by atoms with Gasteiger partial charge in [-0.3, -0.25) is 0 Å². The quantitative estimate of drug-likeness (QED) is 0.189. The molecule has 2 fully saturated rings. The molecule has 1 aliphatic heterocycles. The lowest BCUT2D eigenvalue weighted by molar-refractivity contribution is -0.114. The summed E-state index contributed by atoms with van der Waals surface area (Å²) in [5, 5.41) is 10.7. The molecule has 1 saturated carbocycles. The van der Waals surface area contributed by atoms with Gasteiger partial charge in [-0.1, -0.05) is 55.3 Å². The van der Waals surface area contributed by atoms with Gasteiger partial charge >= 0.3 is 0 Å². The highest BCUT2D eigenvalue weighted by atomic mass is 16.7. The molecule has 2 aromatic carbocycles. The van der Waals surface area contributed by atoms with Crippen LogP contribution in [0.25, 0.3) is 0 Å². The zero-order chi connectivity index (χ0) is 29.5. The summed E-state index contributed by atoms with van der Waals surface area (Å²) in [5.74, 6) is 1.27. The first-order valence-corrected chi connectivity index (χ1v) is 15.2. The number of carbonyl (C=O) groups excluding carboxylic acids is 1. The number of phenols is 1. The molecule has 4 rings (SSSR count). The monoisotopic (exact) mass is 568 g/mol. The summed E-state index contributed by atoms with van der Waals surface area (Å²) in [4.78, 5) is 15.0. The van der Waals surface area contributed by atoms with E-state index in [1.807, 2.05) is 18.2 Å². The Morgan fingerprint density at radius 1 is 1.05 bits per heavy atom. The van der Waals surface area contributed by atoms with Crippen molar-refractivity contribution < 1.29 is 24.1 Å². The molecule has 0 unspecified atom stereocenters. The van der Waals surface area contributed by atoms with Crippen LogP contribution in [-0.2, 0) is 30.8 Å². The minimum atomic E-state index is -0.160. The van der Waals surface area contributed by atoms with Gasteiger partial charge < -0.3 is 33.9 Å². The lowest BCUT2D eigenvalue weighted by Crippen LogP contribution is -2.41. The Hall–Kier alpha value is -2.29. The number of piperidine rings is 1. The number of hydrogen-bond acceptors (Lipinski definition) is 7. The number of aromatic hydroxyl groups is 1. The van der Waals surface area contributed by atoms with Gasteiger partial charge in [-0.2, -0.15) is 0 Å². The average molecular weight is 569 g/mol. The number of nitrogens with zero attached hydrogens (tertiary/aromatic N) is 2. The molecule has 0 aromatic heterocycles. The Balaban J connectivity index is 0.000000278. The van der Waals surface area contributed by atoms with Gasteiger partial charge in [0.2, 0.25) is 0 Å². The van der Waals surface area contributed by atoms with Crippen molar-refractivity contribution in [2.75, 3.05) is 67.7 Å². The number of methoxy groups -OCH3 is 2. The van der Waals surface area contributed by atoms with Crippen molar-refractivity contribution in [3.05, 3.63) is 65.2 Å². The van der Waals surface area contributed by atoms with E-state index in [1.165, 1.54) is 37.8 Å². The van der Waals surface area contributed by atoms with Crippen LogP contribution < -0.4 is 0 Å². The highest BCUT2D eigenvalue weighted by Crippen LogP contribution is 2.45. The van der Waals surface area contributed by atoms with Crippen molar-refractivity contribution in [1.29, 1.82) is 0 Å². The molecule has 2 aromatic rings. The normalized spacial score (nSPS) is 17.5. The van der Waals surface area contributed by atoms with Gasteiger partial charge in [-0.15, -0.1) is 0 Å². The van der Waals surface area contributed by atoms with E-state index in [0.29, 0.717) is 25.4 Å². The van der Waals surface area contributed by atoms with Crippen LogP contribution in [0.1, 0.15) is 61.6 Å². The molecular formula is C34H52N2O5. The highest BCUT2D eigenvalue weighted by Gasteiger charge is 2.39. The predicted molar refractivity (Wildman–Crippen MR) is 165 cm³/mol. The minimum absolute atomic E-state index is 0.0820. The van der Waals surface area contributed by atoms with E-state index in [1.54, 1.807) is 14.2 Å². The third-order valence-electron chi connectivity index (χ3n) is 8.69. The molecule has 0 amide bonds. The molecule has 1 saturated heterocycles. The Kier molecular flexibility index (Phi) is 14.3. The van der Waals surface area contributed by atoms with Crippen LogP contribution in [0.15, 0.2) is 48.5 Å². The molecule has 2 aliphatic rings. The maximum absolute atomic E-state index is 10.7. The van der Waals surface area contributed by atoms with Crippen LogP contribution in [0.5, 0.6) is 5.75 Å². The smallest absolute Gasteiger partial charge is 0.169 e. The molecule has 0 bridgehead atoms. The Morgan fingerprint density at radius 3 is 2.37 bits per heavy atom. The molecule has 228 valence electrons. The molecular weight excluding hydrogens is 516 g/mol. The van der Waals surface area contributed by atoms with Crippen molar-refractivity contribution in [3.8, 4) is 5.75 Å². The van der Waals surface area contributed by atoms with Crippen LogP contribution >= 0.6 is 0 Å². The SMILES string of the molecule is CN1CCC(c2ccccc2)(c2cc(CCOCCC=O)ccc2O)CC1.COC(CN(C)CC1CCCC1)OC. The fraction of sp³-hybridized carbons (Fsp3) is 0.618. The first kappa shape index (κ1) is 33.2. The van der Waals surface area contributed by atoms with Gasteiger partial charge in [-0.25, -0.2) is 0 Å². The van der Waals surface area contributed by atoms with Crippen LogP contribution in [0.4, 0.5) is 0 Å². The van der Waals surface area contributed by atoms with Gasteiger partial charge in [0.05, 0.1) is 13.2 Å². The Labute approximate surface area is 247 Å². The van der Waals surface area contributed by atoms with Gasteiger partial charge in [0, 0.05) is 44.7 Å². The third-order valence-corrected chi connectivity index (χ3v) is 8.69. The number of benzene rings is 2. The second-order valence-corrected chi connectivity index (χ2v) is 11.7. The van der Waals surface area contributed by atoms with E-state index >= 15 is 0 Å². The average Bonchev–Trinajstić information content (AvgIpc) is 3.51. The topological polar surface area (TPSA) is 71.5 Å². The second-order valence-electron chi connectivity index (χ2n) is 11.7. The summed E-state index contributed by atoms with van der Waals surface area (Å²) in [6.45, 7) is 5.11. The summed E-state index contributed by atoms with van der Waals surface area (Å²) in [6, 6.07) is 16.5. The van der Waals surface area contributed by atoms with Crippen molar-refractivity contribution in [2.24, 2.45) is 5.92 Å². The van der Waals surface area contributed by atoms with Crippen molar-refractivity contribution in [2.45, 2.75) is 63.1 Å². The minimum Gasteiger partial charge on any atom is -0.508 e. The molecule has 0 radical (unpaired) electrons. The maximum Gasteiger partial charge on any atom is 0.169 e. The number of rotatable bonds is 14. The molecule has 41 heavy (non-hydrogen) atoms. The van der Waals surface area contributed by atoms with E-state index in [2.05, 4.69) is 54.2 Å². The zero-order valence-electron chi connectivity index (χ0n) is 25.7. The summed E-state index contributed by atoms with van der Waals surface area (Å²) in [5.41, 5.74) is 3.29. The summed E-state index contributed by atoms with van der Waals surface area (Å²) < 4.78 is 15.9. The van der Waals surface area contributed by atoms with Gasteiger partial charge in [-0.05, 0) is 82.4 Å². The summed E-state index contributed by atoms with van der Waals surface area (Å²) in [6.07, 6.45) is 9.60. The second kappa shape index (κ2) is 17.6. The van der Waals surface area contributed by atoms with Crippen LogP contribution in [0.3, 0.4) is 0 Å². The molecule has 0 spiro atoms. The van der Waals surface area contributed by atoms with Crippen LogP contribution in [0, 0.1) is 5.92 Å². The van der Waals surface area contributed by atoms with E-state index in [-0.39, 0.29) is 11.7 Å². The Morgan fingerprint density at radius 2 is 1.73 bits per heavy atom. The Bertz CT molecular complexity index is 995. The number of phenolic OH excluding ortho intramolecular Hbond substituents is 1. The van der Waals surface area contributed by atoms with Gasteiger partial charge in [0.1, 0.15) is 12.0 Å². The number of likely N-dealkylation sites (N-methyl/N-ethyl adjacent to an activating group) is 1. The maximum atomic E-state index is 10.7. The van der Waals surface area contributed by atoms with E-state index in [9.17, 15) is 9.90 Å². The van der Waals surface area contributed by atoms with E-state index < -0.39 is 0 Å². The zero-order valence-corrected chi connectivity index (χ0v) is 25.7. The molecule has 1 heterocycles. The number of likely N-dealkylation sites (tertiary alicyclic amines) is 1. The first-order chi connectivity index (χ1) is 19.9. The van der Waals surface area contributed by atoms with Gasteiger partial charge in [0.15, 0.2) is 6.29 Å². The molecule has 7 nitrogen and oxygen atoms in total. The molecule has 1 aliphatic carbocycles. The first-order valence-electron chi connectivity index (χ1n) is 15.2. The van der Waals surface area contributed by atoms with Crippen molar-refractivity contribution >= 4 is 6.29 Å². The lowest BCUT2D eigenvalue weighted by atomic mass is 9.67. The molecule has 7 heteroatoms. The van der Waals surface area contributed by atoms with Crippen molar-refractivity contribution in [1.82, 2.24) is 9.80 Å². The highest BCUT2D eigenvalue weighted by molar-refractivity contribution is 5.49. The number of carbonyl (C=O) groups is 1. The number of aldehydes is 1.